The highest BCUT2D eigenvalue weighted by Crippen LogP contribution is 2.46. The van der Waals surface area contributed by atoms with Gasteiger partial charge in [-0.2, -0.15) is 10.1 Å². The molecule has 1 N–H and O–H groups in total. The van der Waals surface area contributed by atoms with Crippen molar-refractivity contribution in [3.05, 3.63) is 64.4 Å². The standard InChI is InChI=1S/C21H22N8OS/c1-13-25-19(23-11-21-28-27-14(2)31-21)9-20(26-13)30-12-15-8-17(15)18-5-4-16(10-22-18)29-7-3-6-24-29/h3-7,9-10,15,17H,8,11-12H2,1-2H3,(H,23,25,26). The maximum Gasteiger partial charge on any atom is 0.218 e. The van der Waals surface area contributed by atoms with Crippen LogP contribution in [0.2, 0.25) is 0 Å². The first-order valence-corrected chi connectivity index (χ1v) is 10.9. The molecule has 0 spiro atoms. The smallest absolute Gasteiger partial charge is 0.218 e. The second kappa shape index (κ2) is 8.38. The van der Waals surface area contributed by atoms with Crippen LogP contribution in [0.25, 0.3) is 5.69 Å². The molecule has 4 aromatic heterocycles. The van der Waals surface area contributed by atoms with E-state index in [1.165, 1.54) is 0 Å². The third-order valence-corrected chi connectivity index (χ3v) is 5.93. The van der Waals surface area contributed by atoms with Gasteiger partial charge in [0.1, 0.15) is 21.7 Å². The summed E-state index contributed by atoms with van der Waals surface area (Å²) in [5.74, 6) is 2.83. The summed E-state index contributed by atoms with van der Waals surface area (Å²) in [6.45, 7) is 4.99. The van der Waals surface area contributed by atoms with Crippen LogP contribution in [-0.2, 0) is 6.54 Å². The zero-order valence-corrected chi connectivity index (χ0v) is 18.1. The Balaban J connectivity index is 1.16. The summed E-state index contributed by atoms with van der Waals surface area (Å²) in [4.78, 5) is 13.5. The van der Waals surface area contributed by atoms with Crippen molar-refractivity contribution in [3.63, 3.8) is 0 Å². The fraction of sp³-hybridized carbons (Fsp3) is 0.333. The lowest BCUT2D eigenvalue weighted by Gasteiger charge is -2.09. The van der Waals surface area contributed by atoms with Crippen molar-refractivity contribution in [2.45, 2.75) is 32.7 Å². The summed E-state index contributed by atoms with van der Waals surface area (Å²) in [5, 5.41) is 17.5. The second-order valence-corrected chi connectivity index (χ2v) is 8.78. The number of rotatable bonds is 8. The van der Waals surface area contributed by atoms with Gasteiger partial charge in [0.15, 0.2) is 0 Å². The molecule has 2 atom stereocenters. The molecular formula is C21H22N8OS. The van der Waals surface area contributed by atoms with Crippen LogP contribution >= 0.6 is 11.3 Å². The number of hydrogen-bond donors (Lipinski definition) is 1. The van der Waals surface area contributed by atoms with Crippen LogP contribution in [0.5, 0.6) is 5.88 Å². The van der Waals surface area contributed by atoms with Gasteiger partial charge in [-0.15, -0.1) is 10.2 Å². The van der Waals surface area contributed by atoms with E-state index in [0.29, 0.717) is 36.7 Å². The minimum absolute atomic E-state index is 0.424. The molecular weight excluding hydrogens is 412 g/mol. The Kier molecular flexibility index (Phi) is 5.29. The molecule has 0 bridgehead atoms. The highest BCUT2D eigenvalue weighted by Gasteiger charge is 2.40. The largest absolute Gasteiger partial charge is 0.477 e. The van der Waals surface area contributed by atoms with E-state index in [9.17, 15) is 0 Å². The minimum atomic E-state index is 0.424. The fourth-order valence-electron chi connectivity index (χ4n) is 3.44. The number of nitrogens with zero attached hydrogens (tertiary/aromatic N) is 7. The Morgan fingerprint density at radius 3 is 2.90 bits per heavy atom. The molecule has 158 valence electrons. The van der Waals surface area contributed by atoms with Crippen molar-refractivity contribution in [2.24, 2.45) is 5.92 Å². The average molecular weight is 435 g/mol. The van der Waals surface area contributed by atoms with E-state index in [0.717, 1.165) is 33.6 Å². The molecule has 5 rings (SSSR count). The number of pyridine rings is 1. The second-order valence-electron chi connectivity index (χ2n) is 7.51. The molecule has 0 aromatic carbocycles. The van der Waals surface area contributed by atoms with Crippen molar-refractivity contribution in [1.82, 2.24) is 34.9 Å². The molecule has 0 radical (unpaired) electrons. The molecule has 31 heavy (non-hydrogen) atoms. The Morgan fingerprint density at radius 1 is 1.23 bits per heavy atom. The van der Waals surface area contributed by atoms with Gasteiger partial charge in [0.25, 0.3) is 0 Å². The van der Waals surface area contributed by atoms with E-state index in [2.05, 4.69) is 47.7 Å². The van der Waals surface area contributed by atoms with Gasteiger partial charge in [0.2, 0.25) is 5.88 Å². The zero-order chi connectivity index (χ0) is 21.2. The first-order chi connectivity index (χ1) is 15.1. The Labute approximate surface area is 183 Å². The van der Waals surface area contributed by atoms with Crippen molar-refractivity contribution in [3.8, 4) is 11.6 Å². The highest BCUT2D eigenvalue weighted by atomic mass is 32.1. The van der Waals surface area contributed by atoms with Crippen LogP contribution in [0.3, 0.4) is 0 Å². The van der Waals surface area contributed by atoms with E-state index in [1.807, 2.05) is 38.4 Å². The van der Waals surface area contributed by atoms with Gasteiger partial charge >= 0.3 is 0 Å². The predicted molar refractivity (Wildman–Crippen MR) is 116 cm³/mol. The molecule has 4 aromatic rings. The van der Waals surface area contributed by atoms with Gasteiger partial charge in [-0.1, -0.05) is 11.3 Å². The number of aromatic nitrogens is 7. The first-order valence-electron chi connectivity index (χ1n) is 10.1. The molecule has 1 fully saturated rings. The van der Waals surface area contributed by atoms with Gasteiger partial charge in [-0.25, -0.2) is 9.67 Å². The lowest BCUT2D eigenvalue weighted by molar-refractivity contribution is 0.284. The third kappa shape index (κ3) is 4.69. The van der Waals surface area contributed by atoms with Gasteiger partial charge in [0.05, 0.1) is 25.0 Å². The summed E-state index contributed by atoms with van der Waals surface area (Å²) < 4.78 is 7.79. The van der Waals surface area contributed by atoms with Crippen LogP contribution in [0.4, 0.5) is 5.82 Å². The fourth-order valence-corrected chi connectivity index (χ4v) is 4.09. The predicted octanol–water partition coefficient (Wildman–Crippen LogP) is 3.32. The van der Waals surface area contributed by atoms with E-state index < -0.39 is 0 Å². The zero-order valence-electron chi connectivity index (χ0n) is 17.3. The van der Waals surface area contributed by atoms with Crippen LogP contribution in [0.15, 0.2) is 42.9 Å². The van der Waals surface area contributed by atoms with Crippen molar-refractivity contribution >= 4 is 17.2 Å². The van der Waals surface area contributed by atoms with Crippen LogP contribution < -0.4 is 10.1 Å². The average Bonchev–Trinajstić information content (AvgIpc) is 3.12. The number of nitrogens with one attached hydrogen (secondary N) is 1. The van der Waals surface area contributed by atoms with E-state index >= 15 is 0 Å². The summed E-state index contributed by atoms with van der Waals surface area (Å²) >= 11 is 1.57. The van der Waals surface area contributed by atoms with Crippen LogP contribution in [0, 0.1) is 19.8 Å². The number of aryl methyl sites for hydroxylation is 2. The SMILES string of the molecule is Cc1nc(NCc2nnc(C)s2)cc(OCC2CC2c2ccc(-n3cccn3)cn2)n1. The third-order valence-electron chi connectivity index (χ3n) is 5.09. The van der Waals surface area contributed by atoms with E-state index in [1.54, 1.807) is 22.2 Å². The molecule has 0 aliphatic heterocycles. The minimum Gasteiger partial charge on any atom is -0.477 e. The van der Waals surface area contributed by atoms with Crippen molar-refractivity contribution in [1.29, 1.82) is 0 Å². The highest BCUT2D eigenvalue weighted by molar-refractivity contribution is 7.11. The summed E-state index contributed by atoms with van der Waals surface area (Å²) in [7, 11) is 0. The van der Waals surface area contributed by atoms with Gasteiger partial charge in [-0.3, -0.25) is 4.98 Å². The summed E-state index contributed by atoms with van der Waals surface area (Å²) in [6, 6.07) is 7.86. The molecule has 1 saturated carbocycles. The first kappa shape index (κ1) is 19.6. The molecule has 2 unspecified atom stereocenters. The van der Waals surface area contributed by atoms with E-state index in [4.69, 9.17) is 4.74 Å². The van der Waals surface area contributed by atoms with Gasteiger partial charge in [-0.05, 0) is 38.5 Å². The van der Waals surface area contributed by atoms with Crippen molar-refractivity contribution < 1.29 is 4.74 Å². The number of anilines is 1. The molecule has 0 amide bonds. The van der Waals surface area contributed by atoms with Crippen molar-refractivity contribution in [2.75, 3.05) is 11.9 Å². The molecule has 0 saturated heterocycles. The Hall–Kier alpha value is -3.40. The maximum absolute atomic E-state index is 5.98. The normalized spacial score (nSPS) is 17.5. The maximum atomic E-state index is 5.98. The number of hydrogen-bond acceptors (Lipinski definition) is 9. The number of ether oxygens (including phenoxy) is 1. The Morgan fingerprint density at radius 2 is 2.16 bits per heavy atom. The topological polar surface area (TPSA) is 104 Å². The lowest BCUT2D eigenvalue weighted by Crippen LogP contribution is -2.07. The van der Waals surface area contributed by atoms with E-state index in [-0.39, 0.29) is 0 Å². The molecule has 4 heterocycles. The Bertz CT molecular complexity index is 1160. The quantitative estimate of drug-likeness (QED) is 0.450. The van der Waals surface area contributed by atoms with Gasteiger partial charge < -0.3 is 10.1 Å². The molecule has 10 heteroatoms. The molecule has 1 aliphatic carbocycles. The summed E-state index contributed by atoms with van der Waals surface area (Å²) in [5.41, 5.74) is 2.06. The van der Waals surface area contributed by atoms with Gasteiger partial charge in [0, 0.05) is 36.0 Å². The van der Waals surface area contributed by atoms with Crippen LogP contribution in [-0.4, -0.2) is 41.5 Å². The molecule has 1 aliphatic rings. The molecule has 9 nitrogen and oxygen atoms in total. The lowest BCUT2D eigenvalue weighted by atomic mass is 10.2. The summed E-state index contributed by atoms with van der Waals surface area (Å²) in [6.07, 6.45) is 6.60. The monoisotopic (exact) mass is 434 g/mol. The van der Waals surface area contributed by atoms with Crippen LogP contribution in [0.1, 0.15) is 33.9 Å².